The third kappa shape index (κ3) is 3.59. The molecule has 8 heteroatoms. The fourth-order valence-electron chi connectivity index (χ4n) is 4.14. The van der Waals surface area contributed by atoms with Gasteiger partial charge in [-0.05, 0) is 37.2 Å². The van der Waals surface area contributed by atoms with Gasteiger partial charge in [0.1, 0.15) is 5.70 Å². The zero-order chi connectivity index (χ0) is 22.6. The Bertz CT molecular complexity index is 921. The van der Waals surface area contributed by atoms with Gasteiger partial charge in [0.25, 0.3) is 0 Å². The topological polar surface area (TPSA) is 83.9 Å². The molecule has 1 fully saturated rings. The van der Waals surface area contributed by atoms with Crippen LogP contribution < -0.4 is 0 Å². The quantitative estimate of drug-likeness (QED) is 0.525. The van der Waals surface area contributed by atoms with Crippen molar-refractivity contribution < 1.29 is 23.3 Å². The van der Waals surface area contributed by atoms with Crippen LogP contribution in [0.1, 0.15) is 34.6 Å². The number of rotatable bonds is 6. The van der Waals surface area contributed by atoms with E-state index in [1.807, 2.05) is 19.9 Å². The molecular formula is C22H31NO5SSi. The number of β-lactam (4-membered cyclic amide) rings is 1. The van der Waals surface area contributed by atoms with Crippen LogP contribution >= 0.6 is 0 Å². The predicted molar refractivity (Wildman–Crippen MR) is 119 cm³/mol. The highest BCUT2D eigenvalue weighted by Gasteiger charge is 2.62. The molecule has 3 rings (SSSR count). The van der Waals surface area contributed by atoms with E-state index in [0.29, 0.717) is 9.80 Å². The van der Waals surface area contributed by atoms with Gasteiger partial charge in [0.05, 0.1) is 33.8 Å². The molecule has 0 aromatic heterocycles. The highest BCUT2D eigenvalue weighted by molar-refractivity contribution is 7.89. The summed E-state index contributed by atoms with van der Waals surface area (Å²) in [7, 11) is -3.74. The number of aliphatic carboxylic acids is 1. The molecule has 2 heterocycles. The minimum Gasteiger partial charge on any atom is -0.477 e. The molecule has 0 saturated carbocycles. The average Bonchev–Trinajstić information content (AvgIpc) is 2.89. The molecule has 2 aliphatic heterocycles. The monoisotopic (exact) mass is 449 g/mol. The van der Waals surface area contributed by atoms with Gasteiger partial charge in [0.2, 0.25) is 5.91 Å². The van der Waals surface area contributed by atoms with Gasteiger partial charge < -0.3 is 14.4 Å². The van der Waals surface area contributed by atoms with Crippen LogP contribution in [-0.4, -0.2) is 46.6 Å². The lowest BCUT2D eigenvalue weighted by atomic mass is 9.79. The SMILES string of the molecule is CC(O[Si](C)(C)C(C)(C)C)[C@H]1C(=O)N2C(C(=O)O)=C(S(=O)c3ccccc3)[C@H](C)[C@H]12. The zero-order valence-corrected chi connectivity index (χ0v) is 20.4. The summed E-state index contributed by atoms with van der Waals surface area (Å²) in [6, 6.07) is 8.45. The minimum atomic E-state index is -2.10. The third-order valence-electron chi connectivity index (χ3n) is 6.74. The number of carbonyl (C=O) groups is 2. The first kappa shape index (κ1) is 22.9. The third-order valence-corrected chi connectivity index (χ3v) is 13.0. The first-order valence-electron chi connectivity index (χ1n) is 10.2. The van der Waals surface area contributed by atoms with E-state index in [2.05, 4.69) is 33.9 Å². The van der Waals surface area contributed by atoms with E-state index in [0.717, 1.165) is 0 Å². The Balaban J connectivity index is 1.92. The van der Waals surface area contributed by atoms with Gasteiger partial charge >= 0.3 is 5.97 Å². The molecule has 1 amide bonds. The fourth-order valence-corrected chi connectivity index (χ4v) is 7.07. The van der Waals surface area contributed by atoms with E-state index in [4.69, 9.17) is 4.43 Å². The molecule has 0 bridgehead atoms. The van der Waals surface area contributed by atoms with Gasteiger partial charge in [0.15, 0.2) is 8.32 Å². The molecule has 0 spiro atoms. The van der Waals surface area contributed by atoms with E-state index < -0.39 is 31.0 Å². The van der Waals surface area contributed by atoms with Crippen molar-refractivity contribution >= 4 is 31.0 Å². The fraction of sp³-hybridized carbons (Fsp3) is 0.545. The molecule has 0 radical (unpaired) electrons. The Morgan fingerprint density at radius 2 is 1.80 bits per heavy atom. The predicted octanol–water partition coefficient (Wildman–Crippen LogP) is 3.98. The molecule has 1 aromatic rings. The maximum atomic E-state index is 13.3. The molecule has 0 aliphatic carbocycles. The first-order chi connectivity index (χ1) is 13.8. The molecule has 2 aliphatic rings. The standard InChI is InChI=1S/C22H31NO5SSi/c1-13-17-16(14(2)28-30(6,7)22(3,4)5)20(24)23(17)18(21(25)26)19(13)29(27)15-11-9-8-10-12-15/h8-14,16-17H,1-7H3,(H,25,26)/t13-,14?,16-,17-,29?/m1/s1. The highest BCUT2D eigenvalue weighted by atomic mass is 32.2. The normalized spacial score (nSPS) is 26.3. The number of benzene rings is 1. The highest BCUT2D eigenvalue weighted by Crippen LogP contribution is 2.50. The number of carboxylic acids is 1. The van der Waals surface area contributed by atoms with E-state index in [9.17, 15) is 18.9 Å². The van der Waals surface area contributed by atoms with Crippen molar-refractivity contribution in [1.29, 1.82) is 0 Å². The van der Waals surface area contributed by atoms with Crippen molar-refractivity contribution in [2.45, 2.75) is 69.8 Å². The number of carbonyl (C=O) groups excluding carboxylic acids is 1. The molecule has 30 heavy (non-hydrogen) atoms. The number of hydrogen-bond donors (Lipinski definition) is 1. The largest absolute Gasteiger partial charge is 0.477 e. The number of fused-ring (bicyclic) bond motifs is 1. The molecule has 2 unspecified atom stereocenters. The number of nitrogens with zero attached hydrogens (tertiary/aromatic N) is 1. The van der Waals surface area contributed by atoms with Crippen LogP contribution in [0.3, 0.4) is 0 Å². The Morgan fingerprint density at radius 3 is 2.30 bits per heavy atom. The smallest absolute Gasteiger partial charge is 0.353 e. The van der Waals surface area contributed by atoms with Gasteiger partial charge in [-0.2, -0.15) is 0 Å². The second kappa shape index (κ2) is 7.73. The lowest BCUT2D eigenvalue weighted by molar-refractivity contribution is -0.162. The summed E-state index contributed by atoms with van der Waals surface area (Å²) >= 11 is 0. The average molecular weight is 450 g/mol. The van der Waals surface area contributed by atoms with Crippen LogP contribution in [0, 0.1) is 11.8 Å². The Kier molecular flexibility index (Phi) is 5.90. The molecule has 5 atom stereocenters. The van der Waals surface area contributed by atoms with Crippen molar-refractivity contribution in [2.75, 3.05) is 0 Å². The van der Waals surface area contributed by atoms with Crippen LogP contribution in [0.5, 0.6) is 0 Å². The van der Waals surface area contributed by atoms with E-state index in [1.165, 1.54) is 4.90 Å². The molecular weight excluding hydrogens is 418 g/mol. The van der Waals surface area contributed by atoms with Crippen molar-refractivity contribution in [3.8, 4) is 0 Å². The van der Waals surface area contributed by atoms with Crippen molar-refractivity contribution in [3.63, 3.8) is 0 Å². The molecule has 6 nitrogen and oxygen atoms in total. The van der Waals surface area contributed by atoms with E-state index in [1.54, 1.807) is 24.3 Å². The van der Waals surface area contributed by atoms with Crippen LogP contribution in [0.15, 0.2) is 45.8 Å². The molecule has 1 aromatic carbocycles. The summed E-state index contributed by atoms with van der Waals surface area (Å²) in [5.41, 5.74) is -0.129. The summed E-state index contributed by atoms with van der Waals surface area (Å²) in [6.07, 6.45) is -0.332. The second-order valence-corrected chi connectivity index (χ2v) is 15.9. The van der Waals surface area contributed by atoms with Crippen molar-refractivity contribution in [2.24, 2.45) is 11.8 Å². The lowest BCUT2D eigenvalue weighted by Gasteiger charge is -2.50. The maximum Gasteiger partial charge on any atom is 0.353 e. The minimum absolute atomic E-state index is 0.000521. The van der Waals surface area contributed by atoms with Crippen LogP contribution in [-0.2, 0) is 24.8 Å². The Labute approximate surface area is 181 Å². The first-order valence-corrected chi connectivity index (χ1v) is 14.3. The Hall–Kier alpha value is -1.77. The molecule has 164 valence electrons. The molecule has 1 saturated heterocycles. The van der Waals surface area contributed by atoms with Gasteiger partial charge in [-0.3, -0.25) is 4.79 Å². The van der Waals surface area contributed by atoms with Gasteiger partial charge in [-0.25, -0.2) is 9.00 Å². The summed E-state index contributed by atoms with van der Waals surface area (Å²) in [5, 5.41) is 9.84. The lowest BCUT2D eigenvalue weighted by Crippen LogP contribution is -2.65. The van der Waals surface area contributed by atoms with E-state index >= 15 is 0 Å². The molecule has 1 N–H and O–H groups in total. The number of carboxylic acid groups (broad SMARTS) is 1. The summed E-state index contributed by atoms with van der Waals surface area (Å²) < 4.78 is 19.7. The number of hydrogen-bond acceptors (Lipinski definition) is 4. The Morgan fingerprint density at radius 1 is 1.23 bits per heavy atom. The summed E-state index contributed by atoms with van der Waals surface area (Å²) in [4.78, 5) is 27.3. The summed E-state index contributed by atoms with van der Waals surface area (Å²) in [5.74, 6) is -2.23. The van der Waals surface area contributed by atoms with Crippen LogP contribution in [0.25, 0.3) is 0 Å². The van der Waals surface area contributed by atoms with Gasteiger partial charge in [-0.15, -0.1) is 0 Å². The van der Waals surface area contributed by atoms with Gasteiger partial charge in [0, 0.05) is 10.8 Å². The van der Waals surface area contributed by atoms with Crippen LogP contribution in [0.4, 0.5) is 0 Å². The van der Waals surface area contributed by atoms with E-state index in [-0.39, 0.29) is 34.7 Å². The zero-order valence-electron chi connectivity index (χ0n) is 18.6. The second-order valence-electron chi connectivity index (χ2n) is 9.70. The van der Waals surface area contributed by atoms with Crippen LogP contribution in [0.2, 0.25) is 18.1 Å². The number of amides is 1. The van der Waals surface area contributed by atoms with Gasteiger partial charge in [-0.1, -0.05) is 45.9 Å². The van der Waals surface area contributed by atoms with Crippen molar-refractivity contribution in [3.05, 3.63) is 40.9 Å². The summed E-state index contributed by atoms with van der Waals surface area (Å²) in [6.45, 7) is 14.5. The maximum absolute atomic E-state index is 13.3. The van der Waals surface area contributed by atoms with Crippen molar-refractivity contribution in [1.82, 2.24) is 4.90 Å².